The second-order valence-electron chi connectivity index (χ2n) is 11.3. The van der Waals surface area contributed by atoms with Crippen molar-refractivity contribution in [2.75, 3.05) is 26.2 Å². The van der Waals surface area contributed by atoms with Crippen LogP contribution in [0.3, 0.4) is 0 Å². The fourth-order valence-electron chi connectivity index (χ4n) is 4.68. The van der Waals surface area contributed by atoms with Crippen molar-refractivity contribution in [2.45, 2.75) is 57.0 Å². The molecule has 0 bridgehead atoms. The molecule has 0 saturated carbocycles. The van der Waals surface area contributed by atoms with Gasteiger partial charge in [-0.3, -0.25) is 38.1 Å². The Hall–Kier alpha value is -3.85. The van der Waals surface area contributed by atoms with E-state index in [1.165, 1.54) is 41.0 Å². The summed E-state index contributed by atoms with van der Waals surface area (Å²) in [5, 5.41) is 44.5. The third-order valence-electron chi connectivity index (χ3n) is 7.22. The Bertz CT molecular complexity index is 1600. The lowest BCUT2D eigenvalue weighted by Gasteiger charge is -2.26. The van der Waals surface area contributed by atoms with Gasteiger partial charge in [0, 0.05) is 57.1 Å². The number of aromatic hydroxyl groups is 2. The molecular formula is C29H40N4O14P3+. The first-order valence-corrected chi connectivity index (χ1v) is 18.8. The molecule has 0 aliphatic carbocycles. The predicted octanol–water partition coefficient (Wildman–Crippen LogP) is 1.50. The van der Waals surface area contributed by atoms with E-state index in [2.05, 4.69) is 5.32 Å². The molecule has 0 aliphatic rings. The van der Waals surface area contributed by atoms with Crippen molar-refractivity contribution in [1.82, 2.24) is 20.4 Å². The van der Waals surface area contributed by atoms with Crippen LogP contribution in [-0.2, 0) is 58.8 Å². The molecule has 0 radical (unpaired) electrons. The molecule has 2 aromatic carbocycles. The average molecular weight is 762 g/mol. The van der Waals surface area contributed by atoms with Crippen LogP contribution in [0.25, 0.3) is 0 Å². The first-order valence-electron chi connectivity index (χ1n) is 15.0. The third-order valence-corrected chi connectivity index (χ3v) is 10.3. The molecule has 3 atom stereocenters. The van der Waals surface area contributed by atoms with Crippen LogP contribution in [0.2, 0.25) is 0 Å². The second-order valence-corrected chi connectivity index (χ2v) is 15.5. The predicted molar refractivity (Wildman–Crippen MR) is 178 cm³/mol. The minimum Gasteiger partial charge on any atom is -0.508 e. The Kier molecular flexibility index (Phi) is 17.0. The minimum absolute atomic E-state index is 0.00968. The molecule has 274 valence electrons. The highest BCUT2D eigenvalue weighted by Gasteiger charge is 2.31. The largest absolute Gasteiger partial charge is 0.530 e. The Morgan fingerprint density at radius 3 is 1.60 bits per heavy atom. The van der Waals surface area contributed by atoms with E-state index >= 15 is 0 Å². The first-order chi connectivity index (χ1) is 23.4. The molecule has 0 fully saturated rings. The highest BCUT2D eigenvalue weighted by Crippen LogP contribution is 2.44. The number of carbonyl (C=O) groups is 4. The summed E-state index contributed by atoms with van der Waals surface area (Å²) >= 11 is 0. The van der Waals surface area contributed by atoms with Crippen LogP contribution in [0.4, 0.5) is 0 Å². The maximum Gasteiger partial charge on any atom is 0.530 e. The minimum atomic E-state index is -4.85. The lowest BCUT2D eigenvalue weighted by atomic mass is 10.0. The molecule has 0 aliphatic heterocycles. The van der Waals surface area contributed by atoms with Crippen molar-refractivity contribution >= 4 is 47.8 Å². The average Bonchev–Trinajstić information content (AvgIpc) is 3.01. The molecule has 0 aromatic heterocycles. The van der Waals surface area contributed by atoms with Gasteiger partial charge in [0.05, 0.1) is 13.1 Å². The van der Waals surface area contributed by atoms with Crippen LogP contribution in [0, 0.1) is 0 Å². The number of aliphatic carboxylic acids is 2. The summed E-state index contributed by atoms with van der Waals surface area (Å²) in [4.78, 5) is 78.0. The molecule has 2 aromatic rings. The Morgan fingerprint density at radius 1 is 0.820 bits per heavy atom. The monoisotopic (exact) mass is 761 g/mol. The van der Waals surface area contributed by atoms with E-state index in [1.54, 1.807) is 12.1 Å². The van der Waals surface area contributed by atoms with Crippen LogP contribution in [0.15, 0.2) is 36.4 Å². The van der Waals surface area contributed by atoms with Gasteiger partial charge in [0.15, 0.2) is 8.46 Å². The Labute approximate surface area is 289 Å². The number of carboxylic acid groups (broad SMARTS) is 2. The van der Waals surface area contributed by atoms with Gasteiger partial charge in [0.2, 0.25) is 17.3 Å². The van der Waals surface area contributed by atoms with Gasteiger partial charge in [0.25, 0.3) is 5.78 Å². The zero-order valence-corrected chi connectivity index (χ0v) is 29.6. The molecule has 0 saturated heterocycles. The topological polar surface area (TPSA) is 292 Å². The molecule has 0 spiro atoms. The number of hydrogen-bond donors (Lipinski definition) is 9. The quantitative estimate of drug-likeness (QED) is 0.0768. The zero-order chi connectivity index (χ0) is 37.6. The van der Waals surface area contributed by atoms with E-state index in [-0.39, 0.29) is 68.9 Å². The third kappa shape index (κ3) is 15.4. The van der Waals surface area contributed by atoms with E-state index in [0.717, 1.165) is 0 Å². The van der Waals surface area contributed by atoms with Crippen molar-refractivity contribution in [3.05, 3.63) is 58.7 Å². The van der Waals surface area contributed by atoms with Gasteiger partial charge in [-0.25, -0.2) is 0 Å². The van der Waals surface area contributed by atoms with Crippen LogP contribution >= 0.6 is 24.1 Å². The molecule has 2 amide bonds. The molecule has 9 N–H and O–H groups in total. The standard InChI is InChI=1S/C29H39N4O14P3/c1-18(49(43)44)30-25(36)8-4-19-2-6-23(34)21(12-19)14-32(16-27(38)39)10-11-33(17-28(40)41)15-22-13-20(3-7-24(22)35)5-9-26(37)31-29(48-42)50(45,46)47/h2-3,6-7,12-13,18,29H,4-5,8-11,14-17H2,1H3,(H8-,30,31,34,35,36,37,38,39,40,41,43,44,45,46,47)/p+1. The van der Waals surface area contributed by atoms with Gasteiger partial charge in [-0.1, -0.05) is 24.3 Å². The number of aryl methyl sites for hydroxylation is 2. The highest BCUT2D eigenvalue weighted by atomic mass is 31.2. The number of amides is 2. The van der Waals surface area contributed by atoms with Crippen molar-refractivity contribution in [2.24, 2.45) is 0 Å². The Morgan fingerprint density at radius 2 is 1.24 bits per heavy atom. The molecule has 2 rings (SSSR count). The summed E-state index contributed by atoms with van der Waals surface area (Å²) < 4.78 is 33.5. The summed E-state index contributed by atoms with van der Waals surface area (Å²) in [6.07, 6.45) is 0.0246. The first kappa shape index (κ1) is 42.3. The van der Waals surface area contributed by atoms with Gasteiger partial charge in [-0.2, -0.15) is 4.89 Å². The smallest absolute Gasteiger partial charge is 0.508 e. The molecular weight excluding hydrogens is 721 g/mol. The maximum absolute atomic E-state index is 12.2. The second kappa shape index (κ2) is 20.1. The summed E-state index contributed by atoms with van der Waals surface area (Å²) in [6.45, 7) is 0.305. The summed E-state index contributed by atoms with van der Waals surface area (Å²) in [5.74, 6) is -4.86. The number of nitrogens with zero attached hydrogens (tertiary/aromatic N) is 2. The fourth-order valence-corrected chi connectivity index (χ4v) is 5.94. The lowest BCUT2D eigenvalue weighted by molar-refractivity contribution is -0.140. The molecule has 21 heteroatoms. The van der Waals surface area contributed by atoms with Gasteiger partial charge in [-0.05, 0) is 40.7 Å². The van der Waals surface area contributed by atoms with Crippen LogP contribution in [0.1, 0.15) is 42.0 Å². The van der Waals surface area contributed by atoms with Crippen LogP contribution in [0.5, 0.6) is 11.5 Å². The molecule has 18 nitrogen and oxygen atoms in total. The number of carboxylic acids is 2. The van der Waals surface area contributed by atoms with Crippen molar-refractivity contribution in [3.63, 3.8) is 0 Å². The van der Waals surface area contributed by atoms with Crippen LogP contribution < -0.4 is 10.6 Å². The summed E-state index contributed by atoms with van der Waals surface area (Å²) in [5.41, 5.74) is -0.101. The molecule has 50 heavy (non-hydrogen) atoms. The number of rotatable bonds is 22. The summed E-state index contributed by atoms with van der Waals surface area (Å²) in [6, 6.07) is 8.92. The van der Waals surface area contributed by atoms with E-state index in [9.17, 15) is 53.3 Å². The summed E-state index contributed by atoms with van der Waals surface area (Å²) in [7, 11) is -8.39. The van der Waals surface area contributed by atoms with E-state index < -0.39 is 72.2 Å². The highest BCUT2D eigenvalue weighted by molar-refractivity contribution is 7.61. The molecule has 0 heterocycles. The number of phenolic OH excluding ortho intramolecular Hbond substituents is 2. The van der Waals surface area contributed by atoms with Crippen LogP contribution in [-0.4, -0.2) is 106 Å². The maximum atomic E-state index is 12.2. The number of nitrogens with one attached hydrogen (secondary N) is 2. The normalized spacial score (nSPS) is 13.2. The van der Waals surface area contributed by atoms with E-state index in [1.807, 2.05) is 5.32 Å². The van der Waals surface area contributed by atoms with E-state index in [0.29, 0.717) is 16.7 Å². The lowest BCUT2D eigenvalue weighted by Crippen LogP contribution is -2.39. The van der Waals surface area contributed by atoms with Crippen molar-refractivity contribution in [1.29, 1.82) is 0 Å². The SMILES string of the molecule is CC(NC(=O)CCc1ccc(O)c(CN(CCN(CC(=O)O)Cc2cc(CCC(=O)NC(P=O)P(=O)(O)O)ccc2O)CC(=O)O)c1)[P+](=O)O. The Balaban J connectivity index is 2.13. The van der Waals surface area contributed by atoms with E-state index in [4.69, 9.17) is 14.7 Å². The fraction of sp³-hybridized carbons (Fsp3) is 0.448. The number of carbonyl (C=O) groups excluding carboxylic acids is 2. The molecule has 3 unspecified atom stereocenters. The van der Waals surface area contributed by atoms with Gasteiger partial charge < -0.3 is 40.8 Å². The van der Waals surface area contributed by atoms with Gasteiger partial charge in [-0.15, -0.1) is 0 Å². The van der Waals surface area contributed by atoms with Gasteiger partial charge >= 0.3 is 27.6 Å². The van der Waals surface area contributed by atoms with Gasteiger partial charge in [0.1, 0.15) is 11.5 Å². The number of phenols is 2. The number of benzene rings is 2. The zero-order valence-electron chi connectivity index (χ0n) is 26.9. The van der Waals surface area contributed by atoms with Crippen molar-refractivity contribution < 1.29 is 68.0 Å². The van der Waals surface area contributed by atoms with Crippen molar-refractivity contribution in [3.8, 4) is 11.5 Å². The number of hydrogen-bond acceptors (Lipinski definition) is 11.